The molecule has 5 nitrogen and oxygen atoms in total. The smallest absolute Gasteiger partial charge is 0.404 e. The van der Waals surface area contributed by atoms with Crippen LogP contribution in [0.5, 0.6) is 11.5 Å². The van der Waals surface area contributed by atoms with Gasteiger partial charge in [0, 0.05) is 11.1 Å². The zero-order valence-corrected chi connectivity index (χ0v) is 9.45. The fourth-order valence-electron chi connectivity index (χ4n) is 1.08. The van der Waals surface area contributed by atoms with Crippen LogP contribution in [0.4, 0.5) is 4.79 Å². The minimum absolute atomic E-state index is 0.209. The number of methoxy groups -OCH3 is 1. The molecule has 0 aliphatic rings. The van der Waals surface area contributed by atoms with Crippen LogP contribution < -0.4 is 14.8 Å². The first-order valence-corrected chi connectivity index (χ1v) is 4.94. The van der Waals surface area contributed by atoms with Crippen LogP contribution in [0.2, 0.25) is 5.02 Å². The van der Waals surface area contributed by atoms with Crippen LogP contribution >= 0.6 is 11.6 Å². The molecule has 0 radical (unpaired) electrons. The van der Waals surface area contributed by atoms with Gasteiger partial charge >= 0.3 is 6.09 Å². The maximum absolute atomic E-state index is 10.2. The maximum Gasteiger partial charge on any atom is 0.404 e. The first-order valence-electron chi connectivity index (χ1n) is 4.56. The van der Waals surface area contributed by atoms with Gasteiger partial charge in [-0.05, 0) is 12.1 Å². The van der Waals surface area contributed by atoms with Crippen molar-refractivity contribution in [2.75, 3.05) is 20.3 Å². The molecule has 0 saturated heterocycles. The summed E-state index contributed by atoms with van der Waals surface area (Å²) < 4.78 is 10.4. The molecule has 0 aliphatic carbocycles. The van der Waals surface area contributed by atoms with Gasteiger partial charge in [0.2, 0.25) is 0 Å². The normalized spacial score (nSPS) is 9.62. The van der Waals surface area contributed by atoms with Crippen molar-refractivity contribution in [2.24, 2.45) is 0 Å². The largest absolute Gasteiger partial charge is 0.493 e. The van der Waals surface area contributed by atoms with Crippen molar-refractivity contribution in [3.8, 4) is 11.5 Å². The fourth-order valence-corrected chi connectivity index (χ4v) is 1.24. The fraction of sp³-hybridized carbons (Fsp3) is 0.300. The second-order valence-electron chi connectivity index (χ2n) is 2.88. The molecule has 0 unspecified atom stereocenters. The molecule has 0 heterocycles. The molecule has 1 aromatic carbocycles. The molecule has 88 valence electrons. The van der Waals surface area contributed by atoms with Gasteiger partial charge in [0.15, 0.2) is 11.5 Å². The second kappa shape index (κ2) is 6.07. The van der Waals surface area contributed by atoms with E-state index < -0.39 is 6.09 Å². The number of rotatable bonds is 5. The Morgan fingerprint density at radius 1 is 1.50 bits per heavy atom. The van der Waals surface area contributed by atoms with Gasteiger partial charge in [-0.2, -0.15) is 0 Å². The van der Waals surface area contributed by atoms with E-state index in [0.29, 0.717) is 16.5 Å². The molecule has 0 fully saturated rings. The Balaban J connectivity index is 2.50. The van der Waals surface area contributed by atoms with E-state index in [9.17, 15) is 4.79 Å². The average Bonchev–Trinajstić information content (AvgIpc) is 2.25. The molecule has 1 amide bonds. The summed E-state index contributed by atoms with van der Waals surface area (Å²) in [6.45, 7) is 0.436. The summed E-state index contributed by atoms with van der Waals surface area (Å²) in [5.74, 6) is 1.04. The number of hydrogen-bond acceptors (Lipinski definition) is 3. The summed E-state index contributed by atoms with van der Waals surface area (Å²) in [6, 6.07) is 4.97. The zero-order chi connectivity index (χ0) is 12.0. The summed E-state index contributed by atoms with van der Waals surface area (Å²) in [6.07, 6.45) is -1.08. The van der Waals surface area contributed by atoms with Crippen molar-refractivity contribution in [3.63, 3.8) is 0 Å². The van der Waals surface area contributed by atoms with E-state index in [-0.39, 0.29) is 13.2 Å². The Morgan fingerprint density at radius 2 is 2.25 bits per heavy atom. The van der Waals surface area contributed by atoms with Gasteiger partial charge in [-0.1, -0.05) is 11.6 Å². The number of nitrogens with one attached hydrogen (secondary N) is 1. The van der Waals surface area contributed by atoms with Gasteiger partial charge in [0.1, 0.15) is 6.61 Å². The van der Waals surface area contributed by atoms with E-state index in [0.717, 1.165) is 0 Å². The number of carboxylic acid groups (broad SMARTS) is 1. The van der Waals surface area contributed by atoms with E-state index in [1.807, 2.05) is 0 Å². The summed E-state index contributed by atoms with van der Waals surface area (Å²) in [4.78, 5) is 10.2. The van der Waals surface area contributed by atoms with Crippen LogP contribution in [-0.4, -0.2) is 31.5 Å². The highest BCUT2D eigenvalue weighted by Crippen LogP contribution is 2.29. The number of ether oxygens (including phenoxy) is 2. The minimum Gasteiger partial charge on any atom is -0.493 e. The molecule has 0 saturated carbocycles. The summed E-state index contributed by atoms with van der Waals surface area (Å²) in [7, 11) is 1.51. The van der Waals surface area contributed by atoms with Gasteiger partial charge in [-0.25, -0.2) is 4.79 Å². The van der Waals surface area contributed by atoms with Crippen LogP contribution in [0, 0.1) is 0 Å². The average molecular weight is 246 g/mol. The first kappa shape index (κ1) is 12.4. The standard InChI is InChI=1S/C10H12ClNO4/c1-15-9-6-7(11)2-3-8(9)16-5-4-12-10(13)14/h2-3,6,12H,4-5H2,1H3,(H,13,14). The number of hydrogen-bond donors (Lipinski definition) is 2. The highest BCUT2D eigenvalue weighted by molar-refractivity contribution is 6.30. The lowest BCUT2D eigenvalue weighted by atomic mass is 10.3. The van der Waals surface area contributed by atoms with Crippen LogP contribution in [0.25, 0.3) is 0 Å². The van der Waals surface area contributed by atoms with E-state index in [1.54, 1.807) is 18.2 Å². The monoisotopic (exact) mass is 245 g/mol. The molecule has 0 bridgehead atoms. The Bertz CT molecular complexity index is 370. The van der Waals surface area contributed by atoms with Crippen LogP contribution in [0.15, 0.2) is 18.2 Å². The van der Waals surface area contributed by atoms with Gasteiger partial charge in [0.25, 0.3) is 0 Å². The van der Waals surface area contributed by atoms with Gasteiger partial charge in [0.05, 0.1) is 13.7 Å². The first-order chi connectivity index (χ1) is 7.63. The predicted molar refractivity (Wildman–Crippen MR) is 59.5 cm³/mol. The molecule has 2 N–H and O–H groups in total. The number of benzene rings is 1. The highest BCUT2D eigenvalue weighted by atomic mass is 35.5. The predicted octanol–water partition coefficient (Wildman–Crippen LogP) is 1.99. The minimum atomic E-state index is -1.08. The molecule has 0 atom stereocenters. The Kier molecular flexibility index (Phi) is 4.72. The van der Waals surface area contributed by atoms with E-state index in [1.165, 1.54) is 7.11 Å². The lowest BCUT2D eigenvalue weighted by Crippen LogP contribution is -2.26. The van der Waals surface area contributed by atoms with Crippen LogP contribution in [0.3, 0.4) is 0 Å². The van der Waals surface area contributed by atoms with Crippen molar-refractivity contribution < 1.29 is 19.4 Å². The van der Waals surface area contributed by atoms with E-state index in [2.05, 4.69) is 5.32 Å². The molecular weight excluding hydrogens is 234 g/mol. The summed E-state index contributed by atoms with van der Waals surface area (Å²) in [5.41, 5.74) is 0. The quantitative estimate of drug-likeness (QED) is 0.779. The lowest BCUT2D eigenvalue weighted by molar-refractivity contribution is 0.191. The molecular formula is C10H12ClNO4. The van der Waals surface area contributed by atoms with Crippen molar-refractivity contribution in [3.05, 3.63) is 23.2 Å². The lowest BCUT2D eigenvalue weighted by Gasteiger charge is -2.10. The number of halogens is 1. The van der Waals surface area contributed by atoms with E-state index in [4.69, 9.17) is 26.2 Å². The molecule has 16 heavy (non-hydrogen) atoms. The zero-order valence-electron chi connectivity index (χ0n) is 8.70. The Hall–Kier alpha value is -1.62. The highest BCUT2D eigenvalue weighted by Gasteiger charge is 2.04. The van der Waals surface area contributed by atoms with Crippen molar-refractivity contribution in [1.29, 1.82) is 0 Å². The number of carbonyl (C=O) groups is 1. The molecule has 6 heteroatoms. The molecule has 0 aliphatic heterocycles. The Morgan fingerprint density at radius 3 is 2.88 bits per heavy atom. The summed E-state index contributed by atoms with van der Waals surface area (Å²) >= 11 is 5.77. The van der Waals surface area contributed by atoms with Crippen LogP contribution in [0.1, 0.15) is 0 Å². The molecule has 1 aromatic rings. The second-order valence-corrected chi connectivity index (χ2v) is 3.31. The molecule has 0 spiro atoms. The SMILES string of the molecule is COc1cc(Cl)ccc1OCCNC(=O)O. The Labute approximate surface area is 97.9 Å². The van der Waals surface area contributed by atoms with Crippen molar-refractivity contribution >= 4 is 17.7 Å². The van der Waals surface area contributed by atoms with Crippen molar-refractivity contribution in [2.45, 2.75) is 0 Å². The third-order valence-corrected chi connectivity index (χ3v) is 2.00. The number of amides is 1. The maximum atomic E-state index is 10.2. The van der Waals surface area contributed by atoms with Gasteiger partial charge in [-0.3, -0.25) is 0 Å². The van der Waals surface area contributed by atoms with Crippen molar-refractivity contribution in [1.82, 2.24) is 5.32 Å². The van der Waals surface area contributed by atoms with E-state index >= 15 is 0 Å². The third-order valence-electron chi connectivity index (χ3n) is 1.76. The van der Waals surface area contributed by atoms with Crippen LogP contribution in [-0.2, 0) is 0 Å². The van der Waals surface area contributed by atoms with Gasteiger partial charge in [-0.15, -0.1) is 0 Å². The summed E-state index contributed by atoms with van der Waals surface area (Å²) in [5, 5.41) is 11.1. The molecule has 1 rings (SSSR count). The topological polar surface area (TPSA) is 67.8 Å². The molecule has 0 aromatic heterocycles. The third kappa shape index (κ3) is 3.86. The van der Waals surface area contributed by atoms with Gasteiger partial charge < -0.3 is 19.9 Å².